The van der Waals surface area contributed by atoms with Crippen molar-refractivity contribution >= 4 is 0 Å². The Morgan fingerprint density at radius 3 is 1.60 bits per heavy atom. The van der Waals surface area contributed by atoms with Crippen molar-refractivity contribution in [2.24, 2.45) is 0 Å². The molecule has 0 aromatic heterocycles. The number of rotatable bonds is 4. The molecule has 0 aliphatic rings. The molecular formula is C14H20O. The SMILES string of the molecule is C/C=C\C(/C=C\C)=C(/C=C\C)C(/O)=C\C. The van der Waals surface area contributed by atoms with Gasteiger partial charge in [0.2, 0.25) is 0 Å². The van der Waals surface area contributed by atoms with Gasteiger partial charge in [0.1, 0.15) is 5.76 Å². The molecule has 0 aliphatic heterocycles. The highest BCUT2D eigenvalue weighted by molar-refractivity contribution is 5.48. The summed E-state index contributed by atoms with van der Waals surface area (Å²) in [6.45, 7) is 7.68. The van der Waals surface area contributed by atoms with Gasteiger partial charge < -0.3 is 5.11 Å². The lowest BCUT2D eigenvalue weighted by molar-refractivity contribution is 0.425. The Balaban J connectivity index is 5.54. The molecule has 0 amide bonds. The molecular weight excluding hydrogens is 184 g/mol. The van der Waals surface area contributed by atoms with Crippen LogP contribution in [0.15, 0.2) is 59.4 Å². The normalized spacial score (nSPS) is 13.2. The van der Waals surface area contributed by atoms with Crippen LogP contribution >= 0.6 is 0 Å². The zero-order chi connectivity index (χ0) is 11.7. The Bertz CT molecular complexity index is 311. The van der Waals surface area contributed by atoms with Gasteiger partial charge in [0.05, 0.1) is 0 Å². The quantitative estimate of drug-likeness (QED) is 0.529. The molecule has 0 rings (SSSR count). The smallest absolute Gasteiger partial charge is 0.119 e. The lowest BCUT2D eigenvalue weighted by Gasteiger charge is -2.04. The van der Waals surface area contributed by atoms with Crippen LogP contribution in [0.5, 0.6) is 0 Å². The van der Waals surface area contributed by atoms with Crippen molar-refractivity contribution in [1.29, 1.82) is 0 Å². The molecule has 1 nitrogen and oxygen atoms in total. The van der Waals surface area contributed by atoms with Gasteiger partial charge in [0.25, 0.3) is 0 Å². The maximum atomic E-state index is 9.76. The monoisotopic (exact) mass is 204 g/mol. The van der Waals surface area contributed by atoms with Crippen LogP contribution in [0.25, 0.3) is 0 Å². The van der Waals surface area contributed by atoms with Crippen molar-refractivity contribution in [2.75, 3.05) is 0 Å². The van der Waals surface area contributed by atoms with E-state index in [4.69, 9.17) is 0 Å². The molecule has 0 bridgehead atoms. The minimum absolute atomic E-state index is 0.305. The van der Waals surface area contributed by atoms with Crippen LogP contribution in [0.3, 0.4) is 0 Å². The van der Waals surface area contributed by atoms with E-state index in [2.05, 4.69) is 0 Å². The molecule has 15 heavy (non-hydrogen) atoms. The van der Waals surface area contributed by atoms with Crippen molar-refractivity contribution in [3.05, 3.63) is 59.4 Å². The van der Waals surface area contributed by atoms with Gasteiger partial charge >= 0.3 is 0 Å². The minimum Gasteiger partial charge on any atom is -0.508 e. The van der Waals surface area contributed by atoms with E-state index < -0.39 is 0 Å². The van der Waals surface area contributed by atoms with Crippen LogP contribution in [0.1, 0.15) is 27.7 Å². The first-order valence-electron chi connectivity index (χ1n) is 5.19. The van der Waals surface area contributed by atoms with Crippen molar-refractivity contribution in [3.8, 4) is 0 Å². The molecule has 82 valence electrons. The number of aliphatic hydroxyl groups is 1. The summed E-state index contributed by atoms with van der Waals surface area (Å²) in [6.07, 6.45) is 13.4. The van der Waals surface area contributed by atoms with Gasteiger partial charge in [0.15, 0.2) is 0 Å². The number of hydrogen-bond acceptors (Lipinski definition) is 1. The van der Waals surface area contributed by atoms with Gasteiger partial charge in [-0.3, -0.25) is 0 Å². The van der Waals surface area contributed by atoms with Crippen LogP contribution in [-0.4, -0.2) is 5.11 Å². The van der Waals surface area contributed by atoms with E-state index in [9.17, 15) is 5.11 Å². The molecule has 0 aliphatic carbocycles. The molecule has 0 aromatic rings. The maximum absolute atomic E-state index is 9.76. The standard InChI is InChI=1S/C14H20O/c1-5-9-12(10-6-2)13(11-7-3)14(15)8-4/h5-11,15H,1-4H3/b9-5-,10-6-,11-7-,14-8+. The van der Waals surface area contributed by atoms with Gasteiger partial charge in [0, 0.05) is 5.57 Å². The van der Waals surface area contributed by atoms with Crippen LogP contribution < -0.4 is 0 Å². The fourth-order valence-corrected chi connectivity index (χ4v) is 1.25. The molecule has 0 saturated heterocycles. The lowest BCUT2D eigenvalue weighted by Crippen LogP contribution is -1.89. The van der Waals surface area contributed by atoms with Crippen LogP contribution in [0, 0.1) is 0 Å². The fourth-order valence-electron chi connectivity index (χ4n) is 1.25. The second kappa shape index (κ2) is 7.86. The van der Waals surface area contributed by atoms with Gasteiger partial charge in [-0.2, -0.15) is 0 Å². The molecule has 1 heteroatoms. The van der Waals surface area contributed by atoms with E-state index in [-0.39, 0.29) is 0 Å². The average Bonchev–Trinajstić information content (AvgIpc) is 2.25. The van der Waals surface area contributed by atoms with Gasteiger partial charge in [-0.1, -0.05) is 36.5 Å². The number of hydrogen-bond donors (Lipinski definition) is 1. The summed E-state index contributed by atoms with van der Waals surface area (Å²) in [6, 6.07) is 0. The summed E-state index contributed by atoms with van der Waals surface area (Å²) >= 11 is 0. The number of aliphatic hydroxyl groups excluding tert-OH is 1. The van der Waals surface area contributed by atoms with Crippen molar-refractivity contribution < 1.29 is 5.11 Å². The Kier molecular flexibility index (Phi) is 7.08. The first kappa shape index (κ1) is 13.5. The highest BCUT2D eigenvalue weighted by Gasteiger charge is 2.02. The van der Waals surface area contributed by atoms with Gasteiger partial charge in [-0.25, -0.2) is 0 Å². The Labute approximate surface area is 92.8 Å². The van der Waals surface area contributed by atoms with Crippen LogP contribution in [-0.2, 0) is 0 Å². The third-order valence-corrected chi connectivity index (χ3v) is 1.89. The largest absolute Gasteiger partial charge is 0.508 e. The van der Waals surface area contributed by atoms with E-state index in [1.54, 1.807) is 6.08 Å². The van der Waals surface area contributed by atoms with E-state index in [1.165, 1.54) is 0 Å². The molecule has 1 N–H and O–H groups in total. The average molecular weight is 204 g/mol. The van der Waals surface area contributed by atoms with Crippen LogP contribution in [0.2, 0.25) is 0 Å². The Hall–Kier alpha value is -1.50. The Morgan fingerprint density at radius 1 is 0.800 bits per heavy atom. The zero-order valence-electron chi connectivity index (χ0n) is 9.99. The molecule has 0 saturated carbocycles. The van der Waals surface area contributed by atoms with E-state index in [0.717, 1.165) is 11.1 Å². The predicted molar refractivity (Wildman–Crippen MR) is 67.9 cm³/mol. The third kappa shape index (κ3) is 4.50. The molecule has 0 unspecified atom stereocenters. The topological polar surface area (TPSA) is 20.2 Å². The summed E-state index contributed by atoms with van der Waals surface area (Å²) in [5, 5.41) is 9.76. The molecule has 0 fully saturated rings. The van der Waals surface area contributed by atoms with Crippen molar-refractivity contribution in [1.82, 2.24) is 0 Å². The molecule has 0 radical (unpaired) electrons. The second-order valence-electron chi connectivity index (χ2n) is 3.04. The van der Waals surface area contributed by atoms with Gasteiger partial charge in [-0.15, -0.1) is 0 Å². The first-order chi connectivity index (χ1) is 7.21. The molecule has 0 atom stereocenters. The lowest BCUT2D eigenvalue weighted by atomic mass is 10.0. The maximum Gasteiger partial charge on any atom is 0.119 e. The highest BCUT2D eigenvalue weighted by atomic mass is 16.3. The van der Waals surface area contributed by atoms with Crippen molar-refractivity contribution in [3.63, 3.8) is 0 Å². The highest BCUT2D eigenvalue weighted by Crippen LogP contribution is 2.17. The van der Waals surface area contributed by atoms with Crippen LogP contribution in [0.4, 0.5) is 0 Å². The van der Waals surface area contributed by atoms with E-state index in [0.29, 0.717) is 5.76 Å². The summed E-state index contributed by atoms with van der Waals surface area (Å²) in [5.74, 6) is 0.305. The molecule has 0 aromatic carbocycles. The number of allylic oxidation sites excluding steroid dienone is 8. The summed E-state index contributed by atoms with van der Waals surface area (Å²) < 4.78 is 0. The Morgan fingerprint density at radius 2 is 1.27 bits per heavy atom. The summed E-state index contributed by atoms with van der Waals surface area (Å²) in [5.41, 5.74) is 1.85. The summed E-state index contributed by atoms with van der Waals surface area (Å²) in [4.78, 5) is 0. The molecule has 0 spiro atoms. The minimum atomic E-state index is 0.305. The summed E-state index contributed by atoms with van der Waals surface area (Å²) in [7, 11) is 0. The molecule has 0 heterocycles. The zero-order valence-corrected chi connectivity index (χ0v) is 9.99. The van der Waals surface area contributed by atoms with Crippen molar-refractivity contribution in [2.45, 2.75) is 27.7 Å². The predicted octanol–water partition coefficient (Wildman–Crippen LogP) is 4.47. The van der Waals surface area contributed by atoms with Gasteiger partial charge in [-0.05, 0) is 39.3 Å². The van der Waals surface area contributed by atoms with E-state index in [1.807, 2.05) is 64.2 Å². The third-order valence-electron chi connectivity index (χ3n) is 1.89. The van der Waals surface area contributed by atoms with E-state index >= 15 is 0 Å². The second-order valence-corrected chi connectivity index (χ2v) is 3.04. The fraction of sp³-hybridized carbons (Fsp3) is 0.286. The first-order valence-corrected chi connectivity index (χ1v) is 5.19.